The van der Waals surface area contributed by atoms with Gasteiger partial charge in [0.25, 0.3) is 0 Å². The SMILES string of the molecule is NC1CCCCCC1NS(=O)(=O)c1c[nH]c2ncccc12. The molecule has 3 rings (SSSR count). The number of hydrogen-bond donors (Lipinski definition) is 3. The minimum absolute atomic E-state index is 0.120. The number of rotatable bonds is 3. The van der Waals surface area contributed by atoms with Gasteiger partial charge in [0, 0.05) is 29.9 Å². The molecule has 0 amide bonds. The van der Waals surface area contributed by atoms with Crippen LogP contribution in [0.1, 0.15) is 32.1 Å². The van der Waals surface area contributed by atoms with Crippen molar-refractivity contribution < 1.29 is 8.42 Å². The van der Waals surface area contributed by atoms with Crippen molar-refractivity contribution in [1.82, 2.24) is 14.7 Å². The Morgan fingerprint density at radius 2 is 2.10 bits per heavy atom. The minimum Gasteiger partial charge on any atom is -0.345 e. The van der Waals surface area contributed by atoms with Crippen molar-refractivity contribution >= 4 is 21.1 Å². The molecule has 2 heterocycles. The van der Waals surface area contributed by atoms with Crippen molar-refractivity contribution in [1.29, 1.82) is 0 Å². The van der Waals surface area contributed by atoms with Crippen LogP contribution in [0.15, 0.2) is 29.4 Å². The molecule has 2 atom stereocenters. The zero-order valence-electron chi connectivity index (χ0n) is 11.7. The molecule has 6 nitrogen and oxygen atoms in total. The van der Waals surface area contributed by atoms with E-state index in [1.165, 1.54) is 6.20 Å². The Hall–Kier alpha value is -1.44. The molecule has 0 bridgehead atoms. The lowest BCUT2D eigenvalue weighted by molar-refractivity contribution is 0.456. The first kappa shape index (κ1) is 14.5. The van der Waals surface area contributed by atoms with Crippen LogP contribution in [0.3, 0.4) is 0 Å². The number of aromatic nitrogens is 2. The zero-order chi connectivity index (χ0) is 14.9. The first-order valence-corrected chi connectivity index (χ1v) is 8.76. The van der Waals surface area contributed by atoms with Crippen LogP contribution in [0.4, 0.5) is 0 Å². The van der Waals surface area contributed by atoms with Crippen LogP contribution in [0.2, 0.25) is 0 Å². The van der Waals surface area contributed by atoms with E-state index < -0.39 is 10.0 Å². The highest BCUT2D eigenvalue weighted by atomic mass is 32.2. The molecule has 1 saturated carbocycles. The highest BCUT2D eigenvalue weighted by Gasteiger charge is 2.27. The average molecular weight is 308 g/mol. The number of nitrogens with zero attached hydrogens (tertiary/aromatic N) is 1. The van der Waals surface area contributed by atoms with Gasteiger partial charge in [-0.3, -0.25) is 0 Å². The number of nitrogens with two attached hydrogens (primary N) is 1. The van der Waals surface area contributed by atoms with E-state index in [4.69, 9.17) is 5.73 Å². The number of aromatic amines is 1. The summed E-state index contributed by atoms with van der Waals surface area (Å²) in [5.41, 5.74) is 6.68. The summed E-state index contributed by atoms with van der Waals surface area (Å²) in [5, 5.41) is 0.604. The third-order valence-corrected chi connectivity index (χ3v) is 5.61. The van der Waals surface area contributed by atoms with Crippen LogP contribution < -0.4 is 10.5 Å². The monoisotopic (exact) mass is 308 g/mol. The van der Waals surface area contributed by atoms with Gasteiger partial charge in [-0.1, -0.05) is 19.3 Å². The summed E-state index contributed by atoms with van der Waals surface area (Å²) >= 11 is 0. The Labute approximate surface area is 124 Å². The maximum Gasteiger partial charge on any atom is 0.243 e. The van der Waals surface area contributed by atoms with E-state index in [-0.39, 0.29) is 17.0 Å². The van der Waals surface area contributed by atoms with E-state index in [9.17, 15) is 8.42 Å². The summed E-state index contributed by atoms with van der Waals surface area (Å²) in [6.07, 6.45) is 7.96. The van der Waals surface area contributed by atoms with Crippen LogP contribution in [-0.2, 0) is 10.0 Å². The molecular formula is C14H20N4O2S. The molecule has 0 aromatic carbocycles. The maximum atomic E-state index is 12.6. The predicted octanol–water partition coefficient (Wildman–Crippen LogP) is 1.50. The lowest BCUT2D eigenvalue weighted by Crippen LogP contribution is -2.46. The molecule has 1 fully saturated rings. The number of fused-ring (bicyclic) bond motifs is 1. The van der Waals surface area contributed by atoms with Gasteiger partial charge >= 0.3 is 0 Å². The van der Waals surface area contributed by atoms with Crippen molar-refractivity contribution in [3.8, 4) is 0 Å². The lowest BCUT2D eigenvalue weighted by atomic mass is 10.1. The summed E-state index contributed by atoms with van der Waals surface area (Å²) in [4.78, 5) is 7.25. The number of nitrogens with one attached hydrogen (secondary N) is 2. The van der Waals surface area contributed by atoms with E-state index in [0.29, 0.717) is 11.0 Å². The molecular weight excluding hydrogens is 288 g/mol. The first-order chi connectivity index (χ1) is 10.1. The third-order valence-electron chi connectivity index (χ3n) is 4.08. The van der Waals surface area contributed by atoms with Crippen molar-refractivity contribution in [2.24, 2.45) is 5.73 Å². The Kier molecular flexibility index (Phi) is 3.97. The second kappa shape index (κ2) is 5.75. The molecule has 1 aliphatic rings. The van der Waals surface area contributed by atoms with Crippen LogP contribution in [0.5, 0.6) is 0 Å². The van der Waals surface area contributed by atoms with Crippen LogP contribution in [0.25, 0.3) is 11.0 Å². The van der Waals surface area contributed by atoms with Crippen LogP contribution in [-0.4, -0.2) is 30.5 Å². The first-order valence-electron chi connectivity index (χ1n) is 7.28. The number of H-pyrrole nitrogens is 1. The smallest absolute Gasteiger partial charge is 0.243 e. The summed E-state index contributed by atoms with van der Waals surface area (Å²) in [6, 6.07) is 3.16. The van der Waals surface area contributed by atoms with E-state index in [2.05, 4.69) is 14.7 Å². The molecule has 7 heteroatoms. The zero-order valence-corrected chi connectivity index (χ0v) is 12.6. The molecule has 1 aliphatic carbocycles. The van der Waals surface area contributed by atoms with Gasteiger partial charge in [0.2, 0.25) is 10.0 Å². The number of sulfonamides is 1. The molecule has 0 radical (unpaired) electrons. The Morgan fingerprint density at radius 3 is 2.95 bits per heavy atom. The topological polar surface area (TPSA) is 101 Å². The van der Waals surface area contributed by atoms with Crippen molar-refractivity contribution in [3.05, 3.63) is 24.5 Å². The fourth-order valence-electron chi connectivity index (χ4n) is 2.90. The van der Waals surface area contributed by atoms with Gasteiger partial charge in [-0.05, 0) is 25.0 Å². The standard InChI is InChI=1S/C14H20N4O2S/c15-11-6-2-1-3-7-12(11)18-21(19,20)13-9-17-14-10(13)5-4-8-16-14/h4-5,8-9,11-12,18H,1-3,6-7,15H2,(H,16,17). The van der Waals surface area contributed by atoms with E-state index in [1.807, 2.05) is 0 Å². The van der Waals surface area contributed by atoms with Gasteiger partial charge in [0.15, 0.2) is 0 Å². The highest BCUT2D eigenvalue weighted by Crippen LogP contribution is 2.23. The second-order valence-corrected chi connectivity index (χ2v) is 7.26. The summed E-state index contributed by atoms with van der Waals surface area (Å²) in [7, 11) is -3.59. The summed E-state index contributed by atoms with van der Waals surface area (Å²) < 4.78 is 28.0. The molecule has 0 spiro atoms. The molecule has 0 saturated heterocycles. The van der Waals surface area contributed by atoms with Gasteiger partial charge < -0.3 is 10.7 Å². The van der Waals surface area contributed by atoms with E-state index in [1.54, 1.807) is 18.3 Å². The fourth-order valence-corrected chi connectivity index (χ4v) is 4.39. The molecule has 2 aromatic rings. The third kappa shape index (κ3) is 2.95. The van der Waals surface area contributed by atoms with Gasteiger partial charge in [0.05, 0.1) is 0 Å². The van der Waals surface area contributed by atoms with Gasteiger partial charge in [-0.25, -0.2) is 18.1 Å². The average Bonchev–Trinajstić information content (AvgIpc) is 2.80. The minimum atomic E-state index is -3.59. The quantitative estimate of drug-likeness (QED) is 0.748. The number of pyridine rings is 1. The molecule has 114 valence electrons. The highest BCUT2D eigenvalue weighted by molar-refractivity contribution is 7.89. The van der Waals surface area contributed by atoms with Gasteiger partial charge in [0.1, 0.15) is 10.5 Å². The van der Waals surface area contributed by atoms with Gasteiger partial charge in [-0.15, -0.1) is 0 Å². The van der Waals surface area contributed by atoms with Crippen molar-refractivity contribution in [2.45, 2.75) is 49.1 Å². The summed E-state index contributed by atoms with van der Waals surface area (Å²) in [5.74, 6) is 0. The Bertz CT molecular complexity index is 725. The van der Waals surface area contributed by atoms with Crippen LogP contribution in [0, 0.1) is 0 Å². The normalized spacial score (nSPS) is 24.0. The van der Waals surface area contributed by atoms with Crippen LogP contribution >= 0.6 is 0 Å². The van der Waals surface area contributed by atoms with Crippen molar-refractivity contribution in [2.75, 3.05) is 0 Å². The van der Waals surface area contributed by atoms with E-state index in [0.717, 1.165) is 32.1 Å². The summed E-state index contributed by atoms with van der Waals surface area (Å²) in [6.45, 7) is 0. The molecule has 21 heavy (non-hydrogen) atoms. The Morgan fingerprint density at radius 1 is 1.29 bits per heavy atom. The molecule has 2 unspecified atom stereocenters. The van der Waals surface area contributed by atoms with Gasteiger partial charge in [-0.2, -0.15) is 0 Å². The fraction of sp³-hybridized carbons (Fsp3) is 0.500. The maximum absolute atomic E-state index is 12.6. The van der Waals surface area contributed by atoms with E-state index >= 15 is 0 Å². The molecule has 4 N–H and O–H groups in total. The van der Waals surface area contributed by atoms with Crippen molar-refractivity contribution in [3.63, 3.8) is 0 Å². The number of hydrogen-bond acceptors (Lipinski definition) is 4. The lowest BCUT2D eigenvalue weighted by Gasteiger charge is -2.22. The molecule has 2 aromatic heterocycles. The largest absolute Gasteiger partial charge is 0.345 e. The second-order valence-electron chi connectivity index (χ2n) is 5.58. The predicted molar refractivity (Wildman–Crippen MR) is 81.3 cm³/mol. The Balaban J connectivity index is 1.89. The molecule has 0 aliphatic heterocycles.